The third kappa shape index (κ3) is 1.38. The van der Waals surface area contributed by atoms with E-state index in [9.17, 15) is 19.8 Å². The minimum atomic E-state index is -0.245. The van der Waals surface area contributed by atoms with Gasteiger partial charge in [-0.15, -0.1) is 0 Å². The molecule has 4 heteroatoms. The van der Waals surface area contributed by atoms with Crippen molar-refractivity contribution in [3.8, 4) is 11.5 Å². The number of Topliss-reactive ketones (excluding diaryl/α,β-unsaturated/α-hetero) is 2. The standard InChI is InChI=1S/C14H14O4/c15-9-5-6-10(16)12-11(9)13(17)7-3-1-2-4-8(7)14(12)18/h17-18H,1-6H2. The van der Waals surface area contributed by atoms with E-state index in [2.05, 4.69) is 0 Å². The molecule has 0 fully saturated rings. The van der Waals surface area contributed by atoms with Crippen LogP contribution in [0.1, 0.15) is 57.5 Å². The van der Waals surface area contributed by atoms with E-state index in [4.69, 9.17) is 0 Å². The Morgan fingerprint density at radius 2 is 1.06 bits per heavy atom. The average Bonchev–Trinajstić information content (AvgIpc) is 2.38. The number of carbonyl (C=O) groups excluding carboxylic acids is 2. The van der Waals surface area contributed by atoms with E-state index in [0.717, 1.165) is 12.8 Å². The zero-order valence-electron chi connectivity index (χ0n) is 9.95. The van der Waals surface area contributed by atoms with Crippen LogP contribution in [0.25, 0.3) is 0 Å². The molecule has 4 nitrogen and oxygen atoms in total. The molecule has 0 saturated carbocycles. The molecule has 18 heavy (non-hydrogen) atoms. The van der Waals surface area contributed by atoms with Gasteiger partial charge >= 0.3 is 0 Å². The minimum absolute atomic E-state index is 0.0457. The number of benzene rings is 1. The fraction of sp³-hybridized carbons (Fsp3) is 0.429. The van der Waals surface area contributed by atoms with Gasteiger partial charge in [0.2, 0.25) is 0 Å². The molecule has 1 aromatic rings. The second-order valence-corrected chi connectivity index (χ2v) is 4.96. The summed E-state index contributed by atoms with van der Waals surface area (Å²) in [6.07, 6.45) is 3.42. The lowest BCUT2D eigenvalue weighted by molar-refractivity contribution is 0.0884. The zero-order valence-corrected chi connectivity index (χ0v) is 9.95. The molecule has 0 radical (unpaired) electrons. The van der Waals surface area contributed by atoms with Gasteiger partial charge in [0.1, 0.15) is 11.5 Å². The van der Waals surface area contributed by atoms with Crippen molar-refractivity contribution in [1.82, 2.24) is 0 Å². The molecule has 0 atom stereocenters. The van der Waals surface area contributed by atoms with E-state index in [-0.39, 0.29) is 47.0 Å². The van der Waals surface area contributed by atoms with Crippen LogP contribution in [0, 0.1) is 0 Å². The molecule has 3 rings (SSSR count). The van der Waals surface area contributed by atoms with Crippen LogP contribution in [0.15, 0.2) is 0 Å². The van der Waals surface area contributed by atoms with Crippen LogP contribution in [0.2, 0.25) is 0 Å². The number of carbonyl (C=O) groups is 2. The molecule has 0 amide bonds. The van der Waals surface area contributed by atoms with E-state index in [1.54, 1.807) is 0 Å². The van der Waals surface area contributed by atoms with Crippen molar-refractivity contribution in [1.29, 1.82) is 0 Å². The third-order valence-electron chi connectivity index (χ3n) is 3.90. The molecular formula is C14H14O4. The normalized spacial score (nSPS) is 18.4. The van der Waals surface area contributed by atoms with Crippen molar-refractivity contribution in [3.63, 3.8) is 0 Å². The third-order valence-corrected chi connectivity index (χ3v) is 3.90. The van der Waals surface area contributed by atoms with Gasteiger partial charge < -0.3 is 10.2 Å². The highest BCUT2D eigenvalue weighted by Crippen LogP contribution is 2.43. The van der Waals surface area contributed by atoms with Gasteiger partial charge in [-0.3, -0.25) is 9.59 Å². The van der Waals surface area contributed by atoms with Crippen molar-refractivity contribution >= 4 is 11.6 Å². The first kappa shape index (κ1) is 11.3. The van der Waals surface area contributed by atoms with E-state index < -0.39 is 0 Å². The summed E-state index contributed by atoms with van der Waals surface area (Å²) in [7, 11) is 0. The number of ketones is 2. The lowest BCUT2D eigenvalue weighted by Gasteiger charge is -2.24. The molecule has 2 aliphatic carbocycles. The van der Waals surface area contributed by atoms with Crippen molar-refractivity contribution < 1.29 is 19.8 Å². The van der Waals surface area contributed by atoms with Crippen LogP contribution in [-0.4, -0.2) is 21.8 Å². The summed E-state index contributed by atoms with van der Waals surface area (Å²) in [5.41, 5.74) is 1.40. The quantitative estimate of drug-likeness (QED) is 0.688. The Hall–Kier alpha value is -1.84. The summed E-state index contributed by atoms with van der Waals surface area (Å²) in [4.78, 5) is 23.7. The summed E-state index contributed by atoms with van der Waals surface area (Å²) >= 11 is 0. The van der Waals surface area contributed by atoms with Crippen LogP contribution in [0.4, 0.5) is 0 Å². The van der Waals surface area contributed by atoms with E-state index in [0.29, 0.717) is 24.0 Å². The molecule has 1 aromatic carbocycles. The highest BCUT2D eigenvalue weighted by atomic mass is 16.3. The molecule has 2 N–H and O–H groups in total. The number of aromatic hydroxyl groups is 2. The molecule has 0 aliphatic heterocycles. The number of phenolic OH excluding ortho intramolecular Hbond substituents is 2. The van der Waals surface area contributed by atoms with Gasteiger partial charge in [-0.25, -0.2) is 0 Å². The first-order valence-electron chi connectivity index (χ1n) is 6.27. The highest BCUT2D eigenvalue weighted by molar-refractivity contribution is 6.17. The molecule has 0 saturated heterocycles. The number of phenols is 2. The molecule has 0 unspecified atom stereocenters. The minimum Gasteiger partial charge on any atom is -0.507 e. The Morgan fingerprint density at radius 3 is 1.44 bits per heavy atom. The lowest BCUT2D eigenvalue weighted by atomic mass is 9.80. The van der Waals surface area contributed by atoms with Crippen LogP contribution < -0.4 is 0 Å². The smallest absolute Gasteiger partial charge is 0.167 e. The highest BCUT2D eigenvalue weighted by Gasteiger charge is 2.34. The second-order valence-electron chi connectivity index (χ2n) is 4.96. The van der Waals surface area contributed by atoms with Crippen LogP contribution in [-0.2, 0) is 12.8 Å². The average molecular weight is 246 g/mol. The van der Waals surface area contributed by atoms with Crippen molar-refractivity contribution in [2.24, 2.45) is 0 Å². The van der Waals surface area contributed by atoms with Gasteiger partial charge in [-0.05, 0) is 25.7 Å². The molecule has 0 bridgehead atoms. The molecule has 2 aliphatic rings. The van der Waals surface area contributed by atoms with Crippen molar-refractivity contribution in [2.45, 2.75) is 38.5 Å². The topological polar surface area (TPSA) is 74.6 Å². The molecular weight excluding hydrogens is 232 g/mol. The SMILES string of the molecule is O=C1CCC(=O)c2c(O)c3c(c(O)c21)CCCC3. The predicted octanol–water partition coefficient (Wildman–Crippen LogP) is 2.14. The Balaban J connectivity index is 2.36. The number of hydrogen-bond acceptors (Lipinski definition) is 4. The Morgan fingerprint density at radius 1 is 0.667 bits per heavy atom. The van der Waals surface area contributed by atoms with E-state index in [1.165, 1.54) is 0 Å². The number of hydrogen-bond donors (Lipinski definition) is 2. The fourth-order valence-corrected chi connectivity index (χ4v) is 2.99. The lowest BCUT2D eigenvalue weighted by Crippen LogP contribution is -2.20. The van der Waals surface area contributed by atoms with Gasteiger partial charge in [0.05, 0.1) is 11.1 Å². The van der Waals surface area contributed by atoms with Gasteiger partial charge in [0.15, 0.2) is 11.6 Å². The zero-order chi connectivity index (χ0) is 12.9. The van der Waals surface area contributed by atoms with Crippen LogP contribution >= 0.6 is 0 Å². The molecule has 0 heterocycles. The summed E-state index contributed by atoms with van der Waals surface area (Å²) < 4.78 is 0. The van der Waals surface area contributed by atoms with E-state index in [1.807, 2.05) is 0 Å². The first-order chi connectivity index (χ1) is 8.61. The maximum Gasteiger partial charge on any atom is 0.167 e. The molecule has 0 spiro atoms. The first-order valence-corrected chi connectivity index (χ1v) is 6.27. The van der Waals surface area contributed by atoms with Crippen molar-refractivity contribution in [3.05, 3.63) is 22.3 Å². The maximum absolute atomic E-state index is 11.9. The van der Waals surface area contributed by atoms with Crippen molar-refractivity contribution in [2.75, 3.05) is 0 Å². The number of rotatable bonds is 0. The monoisotopic (exact) mass is 246 g/mol. The summed E-state index contributed by atoms with van der Waals surface area (Å²) in [5, 5.41) is 20.4. The Kier molecular flexibility index (Phi) is 2.40. The van der Waals surface area contributed by atoms with Crippen LogP contribution in [0.5, 0.6) is 11.5 Å². The van der Waals surface area contributed by atoms with Gasteiger partial charge in [-0.1, -0.05) is 0 Å². The molecule has 0 aromatic heterocycles. The summed E-state index contributed by atoms with van der Waals surface area (Å²) in [6.45, 7) is 0. The molecule has 94 valence electrons. The van der Waals surface area contributed by atoms with Gasteiger partial charge in [0, 0.05) is 24.0 Å². The summed E-state index contributed by atoms with van der Waals surface area (Å²) in [6, 6.07) is 0. The predicted molar refractivity (Wildman–Crippen MR) is 64.3 cm³/mol. The summed E-state index contributed by atoms with van der Waals surface area (Å²) in [5.74, 6) is -0.636. The van der Waals surface area contributed by atoms with E-state index >= 15 is 0 Å². The maximum atomic E-state index is 11.9. The van der Waals surface area contributed by atoms with Gasteiger partial charge in [-0.2, -0.15) is 0 Å². The van der Waals surface area contributed by atoms with Crippen LogP contribution in [0.3, 0.4) is 0 Å². The number of fused-ring (bicyclic) bond motifs is 2. The largest absolute Gasteiger partial charge is 0.507 e. The second kappa shape index (κ2) is 3.83. The van der Waals surface area contributed by atoms with Gasteiger partial charge in [0.25, 0.3) is 0 Å². The Bertz CT molecular complexity index is 521. The Labute approximate surface area is 104 Å². The fourth-order valence-electron chi connectivity index (χ4n) is 2.99.